The van der Waals surface area contributed by atoms with Gasteiger partial charge in [0.1, 0.15) is 6.10 Å². The first-order valence-corrected chi connectivity index (χ1v) is 5.72. The van der Waals surface area contributed by atoms with E-state index in [2.05, 4.69) is 0 Å². The highest BCUT2D eigenvalue weighted by Crippen LogP contribution is 2.24. The predicted octanol–water partition coefficient (Wildman–Crippen LogP) is 0.351. The lowest BCUT2D eigenvalue weighted by Crippen LogP contribution is -2.45. The van der Waals surface area contributed by atoms with Gasteiger partial charge in [-0.05, 0) is 12.5 Å². The summed E-state index contributed by atoms with van der Waals surface area (Å²) in [5.74, 6) is 0. The molecule has 0 aromatic rings. The topological polar surface area (TPSA) is 31.0 Å². The van der Waals surface area contributed by atoms with Crippen molar-refractivity contribution in [2.24, 2.45) is 0 Å². The molecule has 2 heterocycles. The Morgan fingerprint density at radius 1 is 1.64 bits per heavy atom. The van der Waals surface area contributed by atoms with Gasteiger partial charge < -0.3 is 13.9 Å². The van der Waals surface area contributed by atoms with Gasteiger partial charge in [-0.2, -0.15) is 0 Å². The molecule has 0 bridgehead atoms. The molecule has 0 aromatic carbocycles. The Morgan fingerprint density at radius 2 is 2.45 bits per heavy atom. The molecule has 2 unspecified atom stereocenters. The van der Waals surface area contributed by atoms with Crippen LogP contribution in [0.2, 0.25) is 6.04 Å². The van der Waals surface area contributed by atoms with E-state index in [0.29, 0.717) is 11.8 Å². The van der Waals surface area contributed by atoms with Crippen LogP contribution >= 0.6 is 0 Å². The molecule has 0 N–H and O–H groups in total. The number of hydrogen-bond donors (Lipinski definition) is 0. The molecule has 2 rings (SSSR count). The first-order valence-electron chi connectivity index (χ1n) is 4.03. The lowest BCUT2D eigenvalue weighted by molar-refractivity contribution is 0.0590. The van der Waals surface area contributed by atoms with E-state index in [4.69, 9.17) is 13.9 Å². The highest BCUT2D eigenvalue weighted by atomic mass is 28.3. The minimum atomic E-state index is -0.572. The Bertz CT molecular complexity index is 136. The summed E-state index contributed by atoms with van der Waals surface area (Å²) in [4.78, 5) is 0. The van der Waals surface area contributed by atoms with Gasteiger partial charge >= 0.3 is 0 Å². The van der Waals surface area contributed by atoms with Crippen LogP contribution in [0.3, 0.4) is 0 Å². The molecule has 2 atom stereocenters. The summed E-state index contributed by atoms with van der Waals surface area (Å²) < 4.78 is 15.9. The zero-order valence-electron chi connectivity index (χ0n) is 6.71. The van der Waals surface area contributed by atoms with Crippen molar-refractivity contribution in [3.05, 3.63) is 0 Å². The van der Waals surface area contributed by atoms with Crippen LogP contribution in [-0.2, 0) is 13.9 Å². The number of hydrogen-bond acceptors (Lipinski definition) is 3. The van der Waals surface area contributed by atoms with E-state index in [9.17, 15) is 0 Å². The van der Waals surface area contributed by atoms with Crippen LogP contribution < -0.4 is 0 Å². The third-order valence-corrected chi connectivity index (χ3v) is 4.64. The second kappa shape index (κ2) is 3.22. The minimum Gasteiger partial charge on any atom is -0.417 e. The average Bonchev–Trinajstić information content (AvgIpc) is 2.70. The van der Waals surface area contributed by atoms with Gasteiger partial charge in [0, 0.05) is 7.11 Å². The van der Waals surface area contributed by atoms with Crippen molar-refractivity contribution in [1.82, 2.24) is 0 Å². The van der Waals surface area contributed by atoms with Crippen LogP contribution in [0.25, 0.3) is 0 Å². The summed E-state index contributed by atoms with van der Waals surface area (Å²) in [5.41, 5.74) is 0.439. The highest BCUT2D eigenvalue weighted by molar-refractivity contribution is 6.56. The van der Waals surface area contributed by atoms with Crippen LogP contribution in [0.5, 0.6) is 0 Å². The Labute approximate surface area is 68.4 Å². The molecule has 63 valence electrons. The molecule has 2 aliphatic heterocycles. The van der Waals surface area contributed by atoms with Crippen molar-refractivity contribution in [1.29, 1.82) is 0 Å². The Kier molecular flexibility index (Phi) is 2.27. The summed E-state index contributed by atoms with van der Waals surface area (Å²) in [6.07, 6.45) is 1.59. The molecule has 1 radical (unpaired) electrons. The number of ether oxygens (including phenoxy) is 2. The van der Waals surface area contributed by atoms with Crippen LogP contribution in [0.1, 0.15) is 6.42 Å². The zero-order chi connectivity index (χ0) is 7.68. The molecule has 0 spiro atoms. The fraction of sp³-hybridized carbons (Fsp3) is 1.00. The van der Waals surface area contributed by atoms with Crippen molar-refractivity contribution in [2.45, 2.75) is 24.3 Å². The van der Waals surface area contributed by atoms with Gasteiger partial charge in [0.15, 0.2) is 0 Å². The molecule has 0 amide bonds. The summed E-state index contributed by atoms with van der Waals surface area (Å²) >= 11 is 0. The fourth-order valence-electron chi connectivity index (χ4n) is 1.18. The molecule has 2 saturated heterocycles. The summed E-state index contributed by atoms with van der Waals surface area (Å²) in [5, 5.41) is 0. The molecule has 4 heteroatoms. The highest BCUT2D eigenvalue weighted by Gasteiger charge is 2.36. The fourth-order valence-corrected chi connectivity index (χ4v) is 2.69. The SMILES string of the molecule is CO[Si]1CCC1OCC1CO1. The summed E-state index contributed by atoms with van der Waals surface area (Å²) in [7, 11) is 1.22. The predicted molar refractivity (Wildman–Crippen MR) is 41.7 cm³/mol. The van der Waals surface area contributed by atoms with E-state index in [1.165, 1.54) is 12.5 Å². The third-order valence-electron chi connectivity index (χ3n) is 2.16. The quantitative estimate of drug-likeness (QED) is 0.454. The van der Waals surface area contributed by atoms with E-state index in [-0.39, 0.29) is 0 Å². The third kappa shape index (κ3) is 1.82. The maximum absolute atomic E-state index is 5.60. The smallest absolute Gasteiger partial charge is 0.241 e. The van der Waals surface area contributed by atoms with Crippen LogP contribution in [0.4, 0.5) is 0 Å². The van der Waals surface area contributed by atoms with Gasteiger partial charge in [0.05, 0.1) is 18.9 Å². The average molecular weight is 173 g/mol. The lowest BCUT2D eigenvalue weighted by Gasteiger charge is -2.32. The normalized spacial score (nSPS) is 36.8. The first-order chi connectivity index (χ1) is 5.40. The Morgan fingerprint density at radius 3 is 2.91 bits per heavy atom. The standard InChI is InChI=1S/C7H13O3Si/c1-8-11-3-2-7(11)10-5-6-4-9-6/h6-7H,2-5H2,1H3. The second-order valence-electron chi connectivity index (χ2n) is 2.99. The second-order valence-corrected chi connectivity index (χ2v) is 5.47. The van der Waals surface area contributed by atoms with Gasteiger partial charge in [-0.15, -0.1) is 0 Å². The molecule has 0 aliphatic carbocycles. The van der Waals surface area contributed by atoms with E-state index >= 15 is 0 Å². The van der Waals surface area contributed by atoms with Gasteiger partial charge in [0.2, 0.25) is 9.04 Å². The van der Waals surface area contributed by atoms with Gasteiger partial charge in [0.25, 0.3) is 0 Å². The van der Waals surface area contributed by atoms with Crippen LogP contribution in [0, 0.1) is 0 Å². The van der Waals surface area contributed by atoms with E-state index in [1.54, 1.807) is 7.11 Å². The molecular weight excluding hydrogens is 160 g/mol. The summed E-state index contributed by atoms with van der Waals surface area (Å²) in [6.45, 7) is 1.67. The maximum Gasteiger partial charge on any atom is 0.241 e. The first kappa shape index (κ1) is 7.73. The molecule has 0 aromatic heterocycles. The summed E-state index contributed by atoms with van der Waals surface area (Å²) in [6, 6.07) is 1.25. The Hall–Kier alpha value is 0.0969. The molecule has 3 nitrogen and oxygen atoms in total. The van der Waals surface area contributed by atoms with E-state index in [1.807, 2.05) is 0 Å². The van der Waals surface area contributed by atoms with Crippen molar-refractivity contribution >= 4 is 9.04 Å². The van der Waals surface area contributed by atoms with Crippen molar-refractivity contribution < 1.29 is 13.9 Å². The molecule has 11 heavy (non-hydrogen) atoms. The van der Waals surface area contributed by atoms with Crippen molar-refractivity contribution in [3.63, 3.8) is 0 Å². The largest absolute Gasteiger partial charge is 0.417 e. The van der Waals surface area contributed by atoms with Crippen LogP contribution in [0.15, 0.2) is 0 Å². The van der Waals surface area contributed by atoms with Gasteiger partial charge in [-0.1, -0.05) is 0 Å². The van der Waals surface area contributed by atoms with Crippen molar-refractivity contribution in [3.8, 4) is 0 Å². The maximum atomic E-state index is 5.60. The monoisotopic (exact) mass is 173 g/mol. The number of rotatable bonds is 4. The van der Waals surface area contributed by atoms with Crippen LogP contribution in [-0.4, -0.2) is 41.2 Å². The van der Waals surface area contributed by atoms with E-state index in [0.717, 1.165) is 13.2 Å². The number of epoxide rings is 1. The Balaban J connectivity index is 1.61. The lowest BCUT2D eigenvalue weighted by atomic mass is 10.4. The molecule has 2 aliphatic rings. The van der Waals surface area contributed by atoms with Gasteiger partial charge in [-0.3, -0.25) is 0 Å². The molecule has 0 saturated carbocycles. The van der Waals surface area contributed by atoms with Crippen molar-refractivity contribution in [2.75, 3.05) is 20.3 Å². The van der Waals surface area contributed by atoms with E-state index < -0.39 is 9.04 Å². The zero-order valence-corrected chi connectivity index (χ0v) is 7.71. The molecular formula is C7H13O3Si. The van der Waals surface area contributed by atoms with Gasteiger partial charge in [-0.25, -0.2) is 0 Å². The minimum absolute atomic E-state index is 0.399. The molecule has 2 fully saturated rings.